The smallest absolute Gasteiger partial charge is 0.308 e. The molecule has 1 aromatic rings. The minimum absolute atomic E-state index is 0.213. The average molecular weight is 341 g/mol. The summed E-state index contributed by atoms with van der Waals surface area (Å²) < 4.78 is 0. The molecule has 2 saturated carbocycles. The van der Waals surface area contributed by atoms with Crippen LogP contribution in [0.2, 0.25) is 0 Å². The molecule has 4 rings (SSSR count). The molecule has 4 heteroatoms. The topological polar surface area (TPSA) is 26.8 Å². The van der Waals surface area contributed by atoms with E-state index in [0.717, 1.165) is 19.0 Å². The number of urea groups is 1. The van der Waals surface area contributed by atoms with E-state index in [1.165, 1.54) is 64.2 Å². The number of carbonyl (C=O) groups is 1. The van der Waals surface area contributed by atoms with Crippen LogP contribution in [0.5, 0.6) is 0 Å². The Kier molecular flexibility index (Phi) is 5.25. The molecule has 4 nitrogen and oxygen atoms in total. The molecule has 0 radical (unpaired) electrons. The Balaban J connectivity index is 1.58. The van der Waals surface area contributed by atoms with Crippen molar-refractivity contribution in [1.82, 2.24) is 9.80 Å². The summed E-state index contributed by atoms with van der Waals surface area (Å²) in [6, 6.07) is 11.5. The molecule has 0 bridgehead atoms. The lowest BCUT2D eigenvalue weighted by Crippen LogP contribution is -2.63. The Hall–Kier alpha value is -1.55. The number of anilines is 1. The first-order valence-electron chi connectivity index (χ1n) is 10.2. The van der Waals surface area contributed by atoms with Crippen LogP contribution in [0.15, 0.2) is 30.3 Å². The van der Waals surface area contributed by atoms with Gasteiger partial charge in [-0.15, -0.1) is 0 Å². The van der Waals surface area contributed by atoms with Gasteiger partial charge < -0.3 is 4.90 Å². The van der Waals surface area contributed by atoms with E-state index in [0.29, 0.717) is 12.1 Å². The molecule has 1 aromatic carbocycles. The first-order valence-corrected chi connectivity index (χ1v) is 10.2. The lowest BCUT2D eigenvalue weighted by Gasteiger charge is -2.49. The highest BCUT2D eigenvalue weighted by Gasteiger charge is 2.38. The zero-order chi connectivity index (χ0) is 17.1. The largest absolute Gasteiger partial charge is 0.326 e. The van der Waals surface area contributed by atoms with Crippen LogP contribution in [-0.4, -0.2) is 41.3 Å². The molecule has 3 aliphatic rings. The molecule has 2 aliphatic carbocycles. The van der Waals surface area contributed by atoms with Crippen LogP contribution in [0.4, 0.5) is 10.5 Å². The Morgan fingerprint density at radius 1 is 0.720 bits per heavy atom. The van der Waals surface area contributed by atoms with E-state index in [4.69, 9.17) is 0 Å². The van der Waals surface area contributed by atoms with E-state index < -0.39 is 0 Å². The minimum atomic E-state index is 0.213. The summed E-state index contributed by atoms with van der Waals surface area (Å²) in [5.41, 5.74) is 1.04. The second kappa shape index (κ2) is 7.77. The van der Waals surface area contributed by atoms with Crippen LogP contribution < -0.4 is 4.90 Å². The van der Waals surface area contributed by atoms with Gasteiger partial charge in [-0.1, -0.05) is 56.7 Å². The number of hydrogen-bond donors (Lipinski definition) is 0. The van der Waals surface area contributed by atoms with Gasteiger partial charge >= 0.3 is 6.03 Å². The van der Waals surface area contributed by atoms with Crippen molar-refractivity contribution in [2.24, 2.45) is 0 Å². The predicted molar refractivity (Wildman–Crippen MR) is 101 cm³/mol. The summed E-state index contributed by atoms with van der Waals surface area (Å²) in [4.78, 5) is 20.0. The number of carbonyl (C=O) groups excluding carboxylic acids is 1. The van der Waals surface area contributed by atoms with Gasteiger partial charge in [0.1, 0.15) is 0 Å². The van der Waals surface area contributed by atoms with Gasteiger partial charge in [0.25, 0.3) is 0 Å². The minimum Gasteiger partial charge on any atom is -0.308 e. The standard InChI is InChI=1S/C21H31N3O/c25-21-23(19-12-6-2-7-13-19)16-22(18-10-4-1-5-11-18)17-24(21)20-14-8-3-9-15-20/h2,6-7,12-13,18,20H,1,3-5,8-11,14-17H2. The number of rotatable bonds is 3. The third-order valence-electron chi connectivity index (χ3n) is 6.31. The van der Waals surface area contributed by atoms with Crippen LogP contribution in [0.1, 0.15) is 64.2 Å². The maximum atomic E-state index is 13.3. The van der Waals surface area contributed by atoms with Gasteiger partial charge in [-0.2, -0.15) is 0 Å². The quantitative estimate of drug-likeness (QED) is 0.789. The van der Waals surface area contributed by atoms with Crippen molar-refractivity contribution in [3.8, 4) is 0 Å². The molecule has 0 atom stereocenters. The molecule has 1 heterocycles. The van der Waals surface area contributed by atoms with Crippen molar-refractivity contribution in [2.75, 3.05) is 18.2 Å². The highest BCUT2D eigenvalue weighted by Crippen LogP contribution is 2.31. The molecular formula is C21H31N3O. The average Bonchev–Trinajstić information content (AvgIpc) is 2.70. The second-order valence-electron chi connectivity index (χ2n) is 7.97. The van der Waals surface area contributed by atoms with Crippen molar-refractivity contribution in [2.45, 2.75) is 76.3 Å². The molecule has 1 saturated heterocycles. The third-order valence-corrected chi connectivity index (χ3v) is 6.31. The van der Waals surface area contributed by atoms with Crippen LogP contribution >= 0.6 is 0 Å². The lowest BCUT2D eigenvalue weighted by atomic mass is 9.93. The molecule has 2 amide bonds. The van der Waals surface area contributed by atoms with Crippen molar-refractivity contribution in [3.63, 3.8) is 0 Å². The van der Waals surface area contributed by atoms with Gasteiger partial charge in [-0.25, -0.2) is 4.79 Å². The SMILES string of the molecule is O=C1N(c2ccccc2)CN(C2CCCCC2)CN1C1CCCCC1. The first kappa shape index (κ1) is 16.9. The molecular weight excluding hydrogens is 310 g/mol. The number of amides is 2. The van der Waals surface area contributed by atoms with Gasteiger partial charge in [0.05, 0.1) is 13.3 Å². The molecule has 0 N–H and O–H groups in total. The fraction of sp³-hybridized carbons (Fsp3) is 0.667. The Morgan fingerprint density at radius 2 is 1.32 bits per heavy atom. The van der Waals surface area contributed by atoms with Crippen LogP contribution in [0.3, 0.4) is 0 Å². The summed E-state index contributed by atoms with van der Waals surface area (Å²) >= 11 is 0. The van der Waals surface area contributed by atoms with Crippen LogP contribution in [-0.2, 0) is 0 Å². The van der Waals surface area contributed by atoms with Gasteiger partial charge in [-0.3, -0.25) is 9.80 Å². The summed E-state index contributed by atoms with van der Waals surface area (Å²) in [6.45, 7) is 1.58. The van der Waals surface area contributed by atoms with Gasteiger partial charge in [-0.05, 0) is 37.8 Å². The maximum absolute atomic E-state index is 13.3. The number of para-hydroxylation sites is 1. The van der Waals surface area contributed by atoms with E-state index in [-0.39, 0.29) is 6.03 Å². The Morgan fingerprint density at radius 3 is 1.96 bits per heavy atom. The monoisotopic (exact) mass is 341 g/mol. The fourth-order valence-electron chi connectivity index (χ4n) is 4.84. The number of hydrogen-bond acceptors (Lipinski definition) is 2. The summed E-state index contributed by atoms with van der Waals surface area (Å²) in [5.74, 6) is 0. The third kappa shape index (κ3) is 3.69. The molecule has 0 spiro atoms. The van der Waals surface area contributed by atoms with Gasteiger partial charge in [0.2, 0.25) is 0 Å². The van der Waals surface area contributed by atoms with Crippen LogP contribution in [0.25, 0.3) is 0 Å². The van der Waals surface area contributed by atoms with Crippen molar-refractivity contribution in [3.05, 3.63) is 30.3 Å². The van der Waals surface area contributed by atoms with Crippen LogP contribution in [0, 0.1) is 0 Å². The zero-order valence-corrected chi connectivity index (χ0v) is 15.3. The molecule has 0 aromatic heterocycles. The van der Waals surface area contributed by atoms with E-state index in [2.05, 4.69) is 21.9 Å². The Bertz CT molecular complexity index is 564. The highest BCUT2D eigenvalue weighted by atomic mass is 16.2. The van der Waals surface area contributed by atoms with Crippen molar-refractivity contribution >= 4 is 11.7 Å². The summed E-state index contributed by atoms with van der Waals surface area (Å²) in [6.07, 6.45) is 12.8. The lowest BCUT2D eigenvalue weighted by molar-refractivity contribution is 0.0405. The first-order chi connectivity index (χ1) is 12.3. The van der Waals surface area contributed by atoms with Crippen molar-refractivity contribution < 1.29 is 4.79 Å². The van der Waals surface area contributed by atoms with Crippen molar-refractivity contribution in [1.29, 1.82) is 0 Å². The Labute approximate surface area is 151 Å². The number of nitrogens with zero attached hydrogens (tertiary/aromatic N) is 3. The zero-order valence-electron chi connectivity index (χ0n) is 15.3. The number of benzene rings is 1. The molecule has 3 fully saturated rings. The maximum Gasteiger partial charge on any atom is 0.326 e. The molecule has 25 heavy (non-hydrogen) atoms. The molecule has 1 aliphatic heterocycles. The van der Waals surface area contributed by atoms with Gasteiger partial charge in [0.15, 0.2) is 0 Å². The summed E-state index contributed by atoms with van der Waals surface area (Å²) in [5, 5.41) is 0. The van der Waals surface area contributed by atoms with E-state index >= 15 is 0 Å². The second-order valence-corrected chi connectivity index (χ2v) is 7.97. The highest BCUT2D eigenvalue weighted by molar-refractivity contribution is 5.92. The fourth-order valence-corrected chi connectivity index (χ4v) is 4.84. The predicted octanol–water partition coefficient (Wildman–Crippen LogP) is 4.81. The molecule has 0 unspecified atom stereocenters. The van der Waals surface area contributed by atoms with Gasteiger partial charge in [0, 0.05) is 17.8 Å². The van der Waals surface area contributed by atoms with E-state index in [1.54, 1.807) is 0 Å². The normalized spacial score (nSPS) is 24.7. The van der Waals surface area contributed by atoms with E-state index in [9.17, 15) is 4.79 Å². The summed E-state index contributed by atoms with van der Waals surface area (Å²) in [7, 11) is 0. The van der Waals surface area contributed by atoms with E-state index in [1.807, 2.05) is 23.1 Å². The molecule has 136 valence electrons.